The van der Waals surface area contributed by atoms with Crippen molar-refractivity contribution in [1.29, 1.82) is 0 Å². The highest BCUT2D eigenvalue weighted by Crippen LogP contribution is 2.23. The Morgan fingerprint density at radius 3 is 2.68 bits per heavy atom. The topological polar surface area (TPSA) is 92.9 Å². The first-order chi connectivity index (χ1) is 12.1. The van der Waals surface area contributed by atoms with Crippen LogP contribution in [0, 0.1) is 13.8 Å². The van der Waals surface area contributed by atoms with Gasteiger partial charge in [-0.2, -0.15) is 0 Å². The number of nitrogens with zero attached hydrogens (tertiary/aromatic N) is 3. The summed E-state index contributed by atoms with van der Waals surface area (Å²) < 4.78 is 5.63. The Morgan fingerprint density at radius 1 is 1.16 bits per heavy atom. The molecule has 25 heavy (non-hydrogen) atoms. The van der Waals surface area contributed by atoms with E-state index >= 15 is 0 Å². The van der Waals surface area contributed by atoms with Crippen molar-refractivity contribution in [2.24, 2.45) is 0 Å². The SMILES string of the molecule is Cc1cc(C)nc(NC(=O)NCCCSc2nc3ccccc3o2)n1. The van der Waals surface area contributed by atoms with Gasteiger partial charge in [0, 0.05) is 23.7 Å². The second kappa shape index (κ2) is 7.98. The van der Waals surface area contributed by atoms with Crippen molar-refractivity contribution in [2.45, 2.75) is 25.5 Å². The molecule has 0 saturated carbocycles. The molecule has 1 aromatic carbocycles. The van der Waals surface area contributed by atoms with Crippen LogP contribution in [0.3, 0.4) is 0 Å². The summed E-state index contributed by atoms with van der Waals surface area (Å²) >= 11 is 1.53. The monoisotopic (exact) mass is 357 g/mol. The number of thioether (sulfide) groups is 1. The summed E-state index contributed by atoms with van der Waals surface area (Å²) in [7, 11) is 0. The number of aromatic nitrogens is 3. The molecule has 0 fully saturated rings. The van der Waals surface area contributed by atoms with Gasteiger partial charge in [0.15, 0.2) is 5.58 Å². The predicted molar refractivity (Wildman–Crippen MR) is 97.9 cm³/mol. The number of nitrogens with one attached hydrogen (secondary N) is 2. The first-order valence-electron chi connectivity index (χ1n) is 7.96. The zero-order chi connectivity index (χ0) is 17.6. The molecule has 0 atom stereocenters. The summed E-state index contributed by atoms with van der Waals surface area (Å²) in [4.78, 5) is 24.6. The van der Waals surface area contributed by atoms with Crippen molar-refractivity contribution in [3.05, 3.63) is 41.7 Å². The lowest BCUT2D eigenvalue weighted by Crippen LogP contribution is -2.30. The van der Waals surface area contributed by atoms with Crippen molar-refractivity contribution in [1.82, 2.24) is 20.3 Å². The molecule has 0 saturated heterocycles. The van der Waals surface area contributed by atoms with E-state index < -0.39 is 0 Å². The Kier molecular flexibility index (Phi) is 5.49. The number of aryl methyl sites for hydroxylation is 2. The van der Waals surface area contributed by atoms with Gasteiger partial charge in [0.2, 0.25) is 5.95 Å². The van der Waals surface area contributed by atoms with Crippen molar-refractivity contribution < 1.29 is 9.21 Å². The fourth-order valence-corrected chi connectivity index (χ4v) is 3.05. The third kappa shape index (κ3) is 4.93. The highest BCUT2D eigenvalue weighted by atomic mass is 32.2. The average molecular weight is 357 g/mol. The van der Waals surface area contributed by atoms with E-state index in [1.807, 2.05) is 44.2 Å². The van der Waals surface area contributed by atoms with Crippen LogP contribution in [0.1, 0.15) is 17.8 Å². The average Bonchev–Trinajstić information content (AvgIpc) is 2.96. The van der Waals surface area contributed by atoms with Gasteiger partial charge in [-0.25, -0.2) is 19.7 Å². The number of anilines is 1. The smallest absolute Gasteiger partial charge is 0.321 e. The molecule has 2 heterocycles. The van der Waals surface area contributed by atoms with Gasteiger partial charge < -0.3 is 9.73 Å². The Balaban J connectivity index is 1.38. The largest absolute Gasteiger partial charge is 0.431 e. The molecule has 3 rings (SSSR count). The third-order valence-corrected chi connectivity index (χ3v) is 4.23. The number of fused-ring (bicyclic) bond motifs is 1. The number of oxazole rings is 1. The summed E-state index contributed by atoms with van der Waals surface area (Å²) in [6, 6.07) is 9.21. The highest BCUT2D eigenvalue weighted by Gasteiger charge is 2.07. The quantitative estimate of drug-likeness (QED) is 0.518. The van der Waals surface area contributed by atoms with Gasteiger partial charge in [0.05, 0.1) is 0 Å². The summed E-state index contributed by atoms with van der Waals surface area (Å²) in [5.41, 5.74) is 3.28. The van der Waals surface area contributed by atoms with Crippen molar-refractivity contribution in [3.8, 4) is 0 Å². The third-order valence-electron chi connectivity index (χ3n) is 3.31. The fourth-order valence-electron chi connectivity index (χ4n) is 2.27. The predicted octanol–water partition coefficient (Wildman–Crippen LogP) is 3.54. The number of carbonyl (C=O) groups is 1. The summed E-state index contributed by atoms with van der Waals surface area (Å²) in [6.45, 7) is 4.27. The minimum atomic E-state index is -0.308. The molecule has 0 aliphatic rings. The Labute approximate surface area is 149 Å². The van der Waals surface area contributed by atoms with E-state index in [2.05, 4.69) is 25.6 Å². The fraction of sp³-hybridized carbons (Fsp3) is 0.294. The van der Waals surface area contributed by atoms with Crippen LogP contribution in [-0.2, 0) is 0 Å². The number of amides is 2. The van der Waals surface area contributed by atoms with Gasteiger partial charge in [0.1, 0.15) is 5.52 Å². The second-order valence-electron chi connectivity index (χ2n) is 5.50. The summed E-state index contributed by atoms with van der Waals surface area (Å²) in [5, 5.41) is 6.08. The van der Waals surface area contributed by atoms with Gasteiger partial charge in [-0.05, 0) is 38.5 Å². The number of benzene rings is 1. The van der Waals surface area contributed by atoms with E-state index in [0.29, 0.717) is 17.7 Å². The molecular weight excluding hydrogens is 338 g/mol. The first kappa shape index (κ1) is 17.2. The summed E-state index contributed by atoms with van der Waals surface area (Å²) in [5.74, 6) is 1.11. The van der Waals surface area contributed by atoms with Crippen LogP contribution in [0.25, 0.3) is 11.1 Å². The molecule has 0 aliphatic heterocycles. The van der Waals surface area contributed by atoms with E-state index in [1.165, 1.54) is 11.8 Å². The van der Waals surface area contributed by atoms with E-state index in [1.54, 1.807) is 0 Å². The zero-order valence-electron chi connectivity index (χ0n) is 14.1. The van der Waals surface area contributed by atoms with Crippen LogP contribution >= 0.6 is 11.8 Å². The van der Waals surface area contributed by atoms with Crippen LogP contribution in [0.5, 0.6) is 0 Å². The van der Waals surface area contributed by atoms with Crippen molar-refractivity contribution >= 4 is 34.8 Å². The van der Waals surface area contributed by atoms with Gasteiger partial charge >= 0.3 is 6.03 Å². The molecule has 130 valence electrons. The maximum Gasteiger partial charge on any atom is 0.321 e. The number of hydrogen-bond donors (Lipinski definition) is 2. The molecule has 2 N–H and O–H groups in total. The minimum absolute atomic E-state index is 0.308. The lowest BCUT2D eigenvalue weighted by Gasteiger charge is -2.07. The standard InChI is InChI=1S/C17H19N5O2S/c1-11-10-12(2)20-15(19-11)22-16(23)18-8-5-9-25-17-21-13-6-3-4-7-14(13)24-17/h3-4,6-7,10H,5,8-9H2,1-2H3,(H2,18,19,20,22,23). The number of rotatable bonds is 6. The number of urea groups is 1. The minimum Gasteiger partial charge on any atom is -0.431 e. The second-order valence-corrected chi connectivity index (χ2v) is 6.55. The first-order valence-corrected chi connectivity index (χ1v) is 8.94. The Bertz CT molecular complexity index is 827. The molecule has 8 heteroatoms. The van der Waals surface area contributed by atoms with Crippen molar-refractivity contribution in [3.63, 3.8) is 0 Å². The van der Waals surface area contributed by atoms with E-state index in [9.17, 15) is 4.79 Å². The zero-order valence-corrected chi connectivity index (χ0v) is 14.9. The number of para-hydroxylation sites is 2. The molecule has 2 aromatic heterocycles. The molecule has 0 bridgehead atoms. The number of hydrogen-bond acceptors (Lipinski definition) is 6. The summed E-state index contributed by atoms with van der Waals surface area (Å²) in [6.07, 6.45) is 0.796. The lowest BCUT2D eigenvalue weighted by atomic mass is 10.3. The number of carbonyl (C=O) groups excluding carboxylic acids is 1. The molecule has 0 spiro atoms. The molecule has 0 radical (unpaired) electrons. The maximum absolute atomic E-state index is 11.8. The van der Waals surface area contributed by atoms with Gasteiger partial charge in [-0.1, -0.05) is 23.9 Å². The van der Waals surface area contributed by atoms with Gasteiger partial charge in [0.25, 0.3) is 5.22 Å². The molecule has 0 aliphatic carbocycles. The highest BCUT2D eigenvalue weighted by molar-refractivity contribution is 7.99. The molecule has 2 amide bonds. The Morgan fingerprint density at radius 2 is 1.92 bits per heavy atom. The van der Waals surface area contributed by atoms with E-state index in [0.717, 1.165) is 34.7 Å². The molecule has 7 nitrogen and oxygen atoms in total. The van der Waals surface area contributed by atoms with Crippen LogP contribution in [0.2, 0.25) is 0 Å². The Hall–Kier alpha value is -2.61. The molecule has 0 unspecified atom stereocenters. The lowest BCUT2D eigenvalue weighted by molar-refractivity contribution is 0.252. The molecule has 3 aromatic rings. The van der Waals surface area contributed by atoms with E-state index in [-0.39, 0.29) is 6.03 Å². The van der Waals surface area contributed by atoms with Crippen LogP contribution in [0.4, 0.5) is 10.7 Å². The molecular formula is C17H19N5O2S. The van der Waals surface area contributed by atoms with Crippen molar-refractivity contribution in [2.75, 3.05) is 17.6 Å². The van der Waals surface area contributed by atoms with Gasteiger partial charge in [-0.3, -0.25) is 5.32 Å². The van der Waals surface area contributed by atoms with Gasteiger partial charge in [-0.15, -0.1) is 0 Å². The van der Waals surface area contributed by atoms with Crippen LogP contribution in [-0.4, -0.2) is 33.3 Å². The van der Waals surface area contributed by atoms with Crippen LogP contribution in [0.15, 0.2) is 40.0 Å². The normalized spacial score (nSPS) is 10.8. The van der Waals surface area contributed by atoms with E-state index in [4.69, 9.17) is 4.42 Å². The maximum atomic E-state index is 11.8. The van der Waals surface area contributed by atoms with Crippen LogP contribution < -0.4 is 10.6 Å².